The average molecular weight is 365 g/mol. The zero-order valence-corrected chi connectivity index (χ0v) is 15.1. The predicted molar refractivity (Wildman–Crippen MR) is 103 cm³/mol. The van der Waals surface area contributed by atoms with Crippen molar-refractivity contribution in [3.8, 4) is 0 Å². The molecule has 0 bridgehead atoms. The van der Waals surface area contributed by atoms with Crippen LogP contribution in [-0.2, 0) is 10.0 Å². The van der Waals surface area contributed by atoms with Crippen molar-refractivity contribution in [3.05, 3.63) is 102 Å². The van der Waals surface area contributed by atoms with Crippen molar-refractivity contribution < 1.29 is 13.6 Å². The minimum absolute atomic E-state index is 0.0116. The van der Waals surface area contributed by atoms with Crippen molar-refractivity contribution in [2.45, 2.75) is 11.8 Å². The Kier molecular flexibility index (Phi) is 5.32. The largest absolute Gasteiger partial charge is 0.302 e. The van der Waals surface area contributed by atoms with E-state index in [-0.39, 0.29) is 4.90 Å². The molecular formula is C21H19NO3S. The summed E-state index contributed by atoms with van der Waals surface area (Å²) in [6.07, 6.45) is 0. The molecule has 0 aliphatic heterocycles. The van der Waals surface area contributed by atoms with Crippen LogP contribution in [0.15, 0.2) is 89.8 Å². The first kappa shape index (κ1) is 18.1. The summed E-state index contributed by atoms with van der Waals surface area (Å²) in [5, 5.41) is 8.76. The molecule has 0 atom stereocenters. The van der Waals surface area contributed by atoms with Gasteiger partial charge in [0.25, 0.3) is 10.0 Å². The maximum absolute atomic E-state index is 11.7. The molecule has 4 nitrogen and oxygen atoms in total. The highest BCUT2D eigenvalue weighted by Gasteiger charge is 2.14. The fourth-order valence-corrected chi connectivity index (χ4v) is 3.49. The van der Waals surface area contributed by atoms with Crippen LogP contribution in [0.1, 0.15) is 23.6 Å². The molecule has 132 valence electrons. The maximum atomic E-state index is 11.7. The summed E-state index contributed by atoms with van der Waals surface area (Å²) in [5.41, 5.74) is 5.20. The molecule has 3 aromatic carbocycles. The van der Waals surface area contributed by atoms with Gasteiger partial charge in [0.2, 0.25) is 0 Å². The van der Waals surface area contributed by atoms with Crippen LogP contribution in [-0.4, -0.2) is 13.6 Å². The fraction of sp³-hybridized carbons (Fsp3) is 0.0476. The molecule has 3 aromatic rings. The van der Waals surface area contributed by atoms with E-state index in [1.165, 1.54) is 17.0 Å². The quantitative estimate of drug-likeness (QED) is 0.522. The second-order valence-electron chi connectivity index (χ2n) is 5.85. The smallest absolute Gasteiger partial charge is 0.262 e. The van der Waals surface area contributed by atoms with E-state index in [1.54, 1.807) is 12.1 Å². The lowest BCUT2D eigenvalue weighted by Gasteiger charge is -2.14. The van der Waals surface area contributed by atoms with Crippen LogP contribution in [0.4, 0.5) is 0 Å². The Morgan fingerprint density at radius 1 is 0.731 bits per heavy atom. The van der Waals surface area contributed by atoms with Gasteiger partial charge in [0, 0.05) is 0 Å². The van der Waals surface area contributed by atoms with E-state index in [9.17, 15) is 8.42 Å². The molecule has 26 heavy (non-hydrogen) atoms. The summed E-state index contributed by atoms with van der Waals surface area (Å²) in [7, 11) is -3.88. The lowest BCUT2D eigenvalue weighted by Crippen LogP contribution is -2.19. The summed E-state index contributed by atoms with van der Waals surface area (Å²) in [4.78, 5) is 1.35. The molecule has 0 saturated carbocycles. The average Bonchev–Trinajstić information content (AvgIpc) is 2.70. The molecular weight excluding hydrogens is 346 g/mol. The highest BCUT2D eigenvalue weighted by Crippen LogP contribution is 2.32. The van der Waals surface area contributed by atoms with Crippen molar-refractivity contribution in [1.29, 1.82) is 0 Å². The first-order chi connectivity index (χ1) is 12.5. The van der Waals surface area contributed by atoms with Crippen LogP contribution >= 0.6 is 0 Å². The van der Waals surface area contributed by atoms with Gasteiger partial charge in [-0.25, -0.2) is 8.42 Å². The Morgan fingerprint density at radius 2 is 1.19 bits per heavy atom. The Labute approximate surface area is 153 Å². The van der Waals surface area contributed by atoms with E-state index in [2.05, 4.69) is 24.3 Å². The second kappa shape index (κ2) is 7.66. The second-order valence-corrected chi connectivity index (χ2v) is 7.51. The van der Waals surface area contributed by atoms with Crippen LogP contribution in [0.2, 0.25) is 0 Å². The summed E-state index contributed by atoms with van der Waals surface area (Å²) >= 11 is 0. The topological polar surface area (TPSA) is 66.4 Å². The summed E-state index contributed by atoms with van der Waals surface area (Å²) in [5.74, 6) is 0. The zero-order chi connectivity index (χ0) is 18.6. The number of rotatable bonds is 5. The van der Waals surface area contributed by atoms with E-state index < -0.39 is 10.0 Å². The number of benzene rings is 3. The van der Waals surface area contributed by atoms with Crippen LogP contribution in [0.3, 0.4) is 0 Å². The van der Waals surface area contributed by atoms with Gasteiger partial charge in [-0.1, -0.05) is 77.7 Å². The Balaban J connectivity index is 2.14. The van der Waals surface area contributed by atoms with Crippen molar-refractivity contribution >= 4 is 21.2 Å². The van der Waals surface area contributed by atoms with Gasteiger partial charge in [0.15, 0.2) is 0 Å². The third-order valence-electron chi connectivity index (χ3n) is 4.22. The molecule has 0 aliphatic rings. The minimum atomic E-state index is -3.88. The Hall–Kier alpha value is -2.73. The zero-order valence-electron chi connectivity index (χ0n) is 14.3. The SMILES string of the molecule is CC(=C(c1ccccc1)c1ccccc1)c1ccc(S(=O)(=O)NO)cc1. The molecule has 0 amide bonds. The lowest BCUT2D eigenvalue weighted by molar-refractivity contribution is 0.242. The monoisotopic (exact) mass is 365 g/mol. The molecule has 2 N–H and O–H groups in total. The van der Waals surface area contributed by atoms with E-state index in [0.29, 0.717) is 0 Å². The van der Waals surface area contributed by atoms with Crippen molar-refractivity contribution in [2.24, 2.45) is 0 Å². The van der Waals surface area contributed by atoms with Crippen LogP contribution < -0.4 is 4.89 Å². The molecule has 0 aromatic heterocycles. The molecule has 0 fully saturated rings. The Morgan fingerprint density at radius 3 is 1.62 bits per heavy atom. The number of hydrogen-bond donors (Lipinski definition) is 2. The number of nitrogens with one attached hydrogen (secondary N) is 1. The van der Waals surface area contributed by atoms with Gasteiger partial charge < -0.3 is 5.21 Å². The fourth-order valence-electron chi connectivity index (χ4n) is 2.89. The van der Waals surface area contributed by atoms with Crippen molar-refractivity contribution in [1.82, 2.24) is 4.89 Å². The van der Waals surface area contributed by atoms with Crippen LogP contribution in [0, 0.1) is 0 Å². The summed E-state index contributed by atoms with van der Waals surface area (Å²) < 4.78 is 23.4. The third kappa shape index (κ3) is 3.75. The summed E-state index contributed by atoms with van der Waals surface area (Å²) in [6, 6.07) is 26.6. The molecule has 0 saturated heterocycles. The first-order valence-electron chi connectivity index (χ1n) is 8.11. The molecule has 0 unspecified atom stereocenters. The number of sulfonamides is 1. The van der Waals surface area contributed by atoms with Gasteiger partial charge >= 0.3 is 0 Å². The van der Waals surface area contributed by atoms with Gasteiger partial charge in [-0.2, -0.15) is 0 Å². The van der Waals surface area contributed by atoms with Crippen molar-refractivity contribution in [2.75, 3.05) is 0 Å². The molecule has 0 aliphatic carbocycles. The van der Waals surface area contributed by atoms with Gasteiger partial charge in [0.05, 0.1) is 4.90 Å². The molecule has 0 heterocycles. The van der Waals surface area contributed by atoms with Gasteiger partial charge in [0.1, 0.15) is 0 Å². The van der Waals surface area contributed by atoms with E-state index in [4.69, 9.17) is 5.21 Å². The normalized spacial score (nSPS) is 11.2. The van der Waals surface area contributed by atoms with Crippen LogP contribution in [0.25, 0.3) is 11.1 Å². The lowest BCUT2D eigenvalue weighted by atomic mass is 9.90. The number of allylic oxidation sites excluding steroid dienone is 1. The first-order valence-corrected chi connectivity index (χ1v) is 9.59. The maximum Gasteiger partial charge on any atom is 0.262 e. The molecule has 3 rings (SSSR count). The predicted octanol–water partition coefficient (Wildman–Crippen LogP) is 4.33. The highest BCUT2D eigenvalue weighted by atomic mass is 32.2. The summed E-state index contributed by atoms with van der Waals surface area (Å²) in [6.45, 7) is 2.02. The third-order valence-corrected chi connectivity index (χ3v) is 5.35. The minimum Gasteiger partial charge on any atom is -0.302 e. The molecule has 0 radical (unpaired) electrons. The van der Waals surface area contributed by atoms with Gasteiger partial charge in [-0.15, -0.1) is 0 Å². The molecule has 0 spiro atoms. The Bertz CT molecular complexity index is 968. The van der Waals surface area contributed by atoms with E-state index >= 15 is 0 Å². The number of hydrogen-bond acceptors (Lipinski definition) is 3. The van der Waals surface area contributed by atoms with Gasteiger partial charge in [-0.3, -0.25) is 0 Å². The standard InChI is InChI=1S/C21H19NO3S/c1-16(17-12-14-20(15-13-17)26(24,25)22-23)21(18-8-4-2-5-9-18)19-10-6-3-7-11-19/h2-15,22-23H,1H3. The van der Waals surface area contributed by atoms with Crippen LogP contribution in [0.5, 0.6) is 0 Å². The van der Waals surface area contributed by atoms with E-state index in [1.807, 2.05) is 43.3 Å². The van der Waals surface area contributed by atoms with E-state index in [0.717, 1.165) is 27.8 Å². The van der Waals surface area contributed by atoms with Crippen molar-refractivity contribution in [3.63, 3.8) is 0 Å². The highest BCUT2D eigenvalue weighted by molar-refractivity contribution is 7.89. The molecule has 5 heteroatoms. The van der Waals surface area contributed by atoms with Gasteiger partial charge in [-0.05, 0) is 46.9 Å².